The van der Waals surface area contributed by atoms with Crippen molar-refractivity contribution in [1.29, 1.82) is 0 Å². The Morgan fingerprint density at radius 3 is 2.60 bits per heavy atom. The number of hydrogen-bond donors (Lipinski definition) is 0. The van der Waals surface area contributed by atoms with Gasteiger partial charge in [-0.2, -0.15) is 0 Å². The molecule has 1 amide bonds. The molecule has 0 radical (unpaired) electrons. The van der Waals surface area contributed by atoms with Gasteiger partial charge in [0.15, 0.2) is 9.84 Å². The first-order chi connectivity index (χ1) is 12.0. The van der Waals surface area contributed by atoms with Gasteiger partial charge in [-0.3, -0.25) is 9.78 Å². The van der Waals surface area contributed by atoms with Gasteiger partial charge in [-0.25, -0.2) is 8.42 Å². The second-order valence-electron chi connectivity index (χ2n) is 6.48. The summed E-state index contributed by atoms with van der Waals surface area (Å²) in [4.78, 5) is 18.7. The summed E-state index contributed by atoms with van der Waals surface area (Å²) in [5.74, 6) is 0.586. The smallest absolute Gasteiger partial charge is 0.227 e. The Morgan fingerprint density at radius 1 is 1.16 bits per heavy atom. The molecule has 1 fully saturated rings. The molecule has 1 unspecified atom stereocenters. The van der Waals surface area contributed by atoms with E-state index in [1.54, 1.807) is 17.3 Å². The average Bonchev–Trinajstić information content (AvgIpc) is 2.98. The van der Waals surface area contributed by atoms with Crippen LogP contribution in [0.3, 0.4) is 0 Å². The van der Waals surface area contributed by atoms with Crippen LogP contribution >= 0.6 is 0 Å². The minimum absolute atomic E-state index is 0.0133. The molecule has 1 aliphatic rings. The van der Waals surface area contributed by atoms with E-state index in [2.05, 4.69) is 4.98 Å². The normalized spacial score (nSPS) is 18.8. The van der Waals surface area contributed by atoms with Crippen LogP contribution in [0.5, 0.6) is 0 Å². The summed E-state index contributed by atoms with van der Waals surface area (Å²) < 4.78 is 23.2. The maximum absolute atomic E-state index is 12.8. The molecule has 1 aromatic carbocycles. The minimum atomic E-state index is -2.90. The number of benzene rings is 1. The van der Waals surface area contributed by atoms with Crippen molar-refractivity contribution in [2.24, 2.45) is 5.92 Å². The number of carbonyl (C=O) groups is 1. The summed E-state index contributed by atoms with van der Waals surface area (Å²) in [5.41, 5.74) is 1.80. The highest BCUT2D eigenvalue weighted by molar-refractivity contribution is 7.91. The SMILES string of the molecule is O=C(CCC1CCS(=O)(=O)C1)N(Cc1cccnc1)c1ccccc1. The molecule has 0 spiro atoms. The van der Waals surface area contributed by atoms with Crippen molar-refractivity contribution in [2.75, 3.05) is 16.4 Å². The molecule has 0 aliphatic carbocycles. The summed E-state index contributed by atoms with van der Waals surface area (Å²) in [6.07, 6.45) is 5.11. The molecule has 3 rings (SSSR count). The van der Waals surface area contributed by atoms with E-state index in [-0.39, 0.29) is 23.3 Å². The zero-order valence-electron chi connectivity index (χ0n) is 14.0. The second-order valence-corrected chi connectivity index (χ2v) is 8.71. The first-order valence-corrected chi connectivity index (χ1v) is 10.3. The number of rotatable bonds is 6. The highest BCUT2D eigenvalue weighted by Crippen LogP contribution is 2.25. The van der Waals surface area contributed by atoms with E-state index in [4.69, 9.17) is 0 Å². The molecule has 1 aliphatic heterocycles. The van der Waals surface area contributed by atoms with Crippen LogP contribution in [-0.2, 0) is 21.2 Å². The lowest BCUT2D eigenvalue weighted by atomic mass is 10.0. The van der Waals surface area contributed by atoms with Crippen molar-refractivity contribution in [2.45, 2.75) is 25.8 Å². The van der Waals surface area contributed by atoms with Crippen molar-refractivity contribution in [3.63, 3.8) is 0 Å². The lowest BCUT2D eigenvalue weighted by Crippen LogP contribution is -2.30. The molecular formula is C19H22N2O3S. The predicted molar refractivity (Wildman–Crippen MR) is 97.9 cm³/mol. The number of anilines is 1. The molecule has 132 valence electrons. The van der Waals surface area contributed by atoms with E-state index >= 15 is 0 Å². The third-order valence-corrected chi connectivity index (χ3v) is 6.36. The molecule has 1 saturated heterocycles. The van der Waals surface area contributed by atoms with Crippen molar-refractivity contribution < 1.29 is 13.2 Å². The third kappa shape index (κ3) is 4.89. The Bertz CT molecular complexity index is 807. The van der Waals surface area contributed by atoms with Gasteiger partial charge in [-0.15, -0.1) is 0 Å². The monoisotopic (exact) mass is 358 g/mol. The van der Waals surface area contributed by atoms with Crippen molar-refractivity contribution in [3.05, 3.63) is 60.4 Å². The molecule has 5 nitrogen and oxygen atoms in total. The van der Waals surface area contributed by atoms with Crippen molar-refractivity contribution in [3.8, 4) is 0 Å². The molecule has 2 aromatic rings. The van der Waals surface area contributed by atoms with Gasteiger partial charge in [0.1, 0.15) is 0 Å². The predicted octanol–water partition coefficient (Wildman–Crippen LogP) is 2.83. The van der Waals surface area contributed by atoms with Crippen molar-refractivity contribution >= 4 is 21.4 Å². The van der Waals surface area contributed by atoms with Crippen molar-refractivity contribution in [1.82, 2.24) is 4.98 Å². The van der Waals surface area contributed by atoms with Crippen LogP contribution in [0.15, 0.2) is 54.9 Å². The standard InChI is InChI=1S/C19H22N2O3S/c22-19(9-8-16-10-12-25(23,24)15-16)21(18-6-2-1-3-7-18)14-17-5-4-11-20-13-17/h1-7,11,13,16H,8-10,12,14-15H2. The van der Waals surface area contributed by atoms with E-state index in [1.807, 2.05) is 42.5 Å². The maximum Gasteiger partial charge on any atom is 0.227 e. The molecular weight excluding hydrogens is 336 g/mol. The molecule has 2 heterocycles. The number of nitrogens with zero attached hydrogens (tertiary/aromatic N) is 2. The number of sulfone groups is 1. The molecule has 1 aromatic heterocycles. The fraction of sp³-hybridized carbons (Fsp3) is 0.368. The van der Waals surface area contributed by atoms with Gasteiger partial charge < -0.3 is 4.90 Å². The Morgan fingerprint density at radius 2 is 1.96 bits per heavy atom. The van der Waals surface area contributed by atoms with E-state index in [9.17, 15) is 13.2 Å². The van der Waals surface area contributed by atoms with Gasteiger partial charge in [0.25, 0.3) is 0 Å². The zero-order valence-corrected chi connectivity index (χ0v) is 14.9. The first-order valence-electron chi connectivity index (χ1n) is 8.48. The quantitative estimate of drug-likeness (QED) is 0.796. The Hall–Kier alpha value is -2.21. The van der Waals surface area contributed by atoms with Gasteiger partial charge in [0, 0.05) is 24.5 Å². The van der Waals surface area contributed by atoms with Gasteiger partial charge in [-0.05, 0) is 42.5 Å². The number of pyridine rings is 1. The first kappa shape index (κ1) is 17.6. The van der Waals surface area contributed by atoms with Gasteiger partial charge in [0.05, 0.1) is 18.1 Å². The number of hydrogen-bond acceptors (Lipinski definition) is 4. The molecule has 0 saturated carbocycles. The van der Waals surface area contributed by atoms with Crippen LogP contribution < -0.4 is 4.90 Å². The Labute approximate surface area is 148 Å². The third-order valence-electron chi connectivity index (χ3n) is 4.53. The van der Waals surface area contributed by atoms with E-state index in [1.165, 1.54) is 0 Å². The summed E-state index contributed by atoms with van der Waals surface area (Å²) >= 11 is 0. The molecule has 25 heavy (non-hydrogen) atoms. The summed E-state index contributed by atoms with van der Waals surface area (Å²) in [6, 6.07) is 13.3. The summed E-state index contributed by atoms with van der Waals surface area (Å²) in [6.45, 7) is 0.458. The molecule has 0 bridgehead atoms. The van der Waals surface area contributed by atoms with Gasteiger partial charge >= 0.3 is 0 Å². The van der Waals surface area contributed by atoms with E-state index in [0.717, 1.165) is 11.3 Å². The van der Waals surface area contributed by atoms with Crippen LogP contribution in [0.25, 0.3) is 0 Å². The molecule has 0 N–H and O–H groups in total. The summed E-state index contributed by atoms with van der Waals surface area (Å²) in [5, 5.41) is 0. The van der Waals surface area contributed by atoms with Gasteiger partial charge in [-0.1, -0.05) is 24.3 Å². The Kier molecular flexibility index (Phi) is 5.48. The lowest BCUT2D eigenvalue weighted by Gasteiger charge is -2.23. The lowest BCUT2D eigenvalue weighted by molar-refractivity contribution is -0.119. The van der Waals surface area contributed by atoms with Gasteiger partial charge in [0.2, 0.25) is 5.91 Å². The highest BCUT2D eigenvalue weighted by atomic mass is 32.2. The number of aromatic nitrogens is 1. The van der Waals surface area contributed by atoms with E-state index < -0.39 is 9.84 Å². The number of amides is 1. The second kappa shape index (κ2) is 7.78. The van der Waals surface area contributed by atoms with Crippen LogP contribution in [-0.4, -0.2) is 30.8 Å². The fourth-order valence-corrected chi connectivity index (χ4v) is 5.08. The maximum atomic E-state index is 12.8. The molecule has 6 heteroatoms. The highest BCUT2D eigenvalue weighted by Gasteiger charge is 2.28. The largest absolute Gasteiger partial charge is 0.308 e. The van der Waals surface area contributed by atoms with Crippen LogP contribution in [0.1, 0.15) is 24.8 Å². The van der Waals surface area contributed by atoms with Crippen LogP contribution in [0.2, 0.25) is 0 Å². The summed E-state index contributed by atoms with van der Waals surface area (Å²) in [7, 11) is -2.90. The van der Waals surface area contributed by atoms with Crippen LogP contribution in [0.4, 0.5) is 5.69 Å². The average molecular weight is 358 g/mol. The zero-order chi connectivity index (χ0) is 17.7. The fourth-order valence-electron chi connectivity index (χ4n) is 3.17. The van der Waals surface area contributed by atoms with E-state index in [0.29, 0.717) is 25.8 Å². The topological polar surface area (TPSA) is 67.3 Å². The van der Waals surface area contributed by atoms with Crippen LogP contribution in [0, 0.1) is 5.92 Å². The Balaban J connectivity index is 1.69. The number of para-hydroxylation sites is 1. The molecule has 1 atom stereocenters. The number of carbonyl (C=O) groups excluding carboxylic acids is 1. The minimum Gasteiger partial charge on any atom is -0.308 e.